The highest BCUT2D eigenvalue weighted by Gasteiger charge is 2.38. The maximum Gasteiger partial charge on any atom is 0.335 e. The van der Waals surface area contributed by atoms with Crippen molar-refractivity contribution in [2.75, 3.05) is 32.7 Å². The highest BCUT2D eigenvalue weighted by molar-refractivity contribution is 6.38. The van der Waals surface area contributed by atoms with Gasteiger partial charge in [0.15, 0.2) is 0 Å². The van der Waals surface area contributed by atoms with Gasteiger partial charge in [0.05, 0.1) is 39.2 Å². The van der Waals surface area contributed by atoms with Crippen LogP contribution >= 0.6 is 0 Å². The van der Waals surface area contributed by atoms with Crippen LogP contribution in [-0.4, -0.2) is 34.7 Å². The molecule has 5 aromatic carbocycles. The smallest absolute Gasteiger partial charge is 0.335 e. The summed E-state index contributed by atoms with van der Waals surface area (Å²) in [5, 5.41) is 11.6. The lowest BCUT2D eigenvalue weighted by Crippen LogP contribution is -2.42. The first-order chi connectivity index (χ1) is 20.4. The van der Waals surface area contributed by atoms with Gasteiger partial charge in [0.1, 0.15) is 0 Å². The molecule has 0 spiro atoms. The third-order valence-electron chi connectivity index (χ3n) is 7.59. The van der Waals surface area contributed by atoms with Gasteiger partial charge in [0.25, 0.3) is 23.6 Å². The molecule has 0 bridgehead atoms. The van der Waals surface area contributed by atoms with Gasteiger partial charge in [-0.05, 0) is 77.5 Å². The van der Waals surface area contributed by atoms with E-state index in [9.17, 15) is 29.1 Å². The Kier molecular flexibility index (Phi) is 5.07. The van der Waals surface area contributed by atoms with Gasteiger partial charge in [-0.3, -0.25) is 19.2 Å². The van der Waals surface area contributed by atoms with Gasteiger partial charge in [-0.2, -0.15) is 0 Å². The molecular formula is C31H20N6O6. The number of nitrogens with zero attached hydrogens (tertiary/aromatic N) is 2. The molecule has 12 nitrogen and oxygen atoms in total. The molecule has 0 saturated carbocycles. The van der Waals surface area contributed by atoms with E-state index in [0.717, 1.165) is 21.9 Å². The number of carboxylic acids is 1. The molecule has 7 rings (SSSR count). The van der Waals surface area contributed by atoms with E-state index in [4.69, 9.17) is 22.9 Å². The van der Waals surface area contributed by atoms with Crippen LogP contribution < -0.4 is 32.7 Å². The number of aromatic carboxylic acids is 1. The van der Waals surface area contributed by atoms with Crippen molar-refractivity contribution in [3.63, 3.8) is 0 Å². The minimum absolute atomic E-state index is 0.101. The van der Waals surface area contributed by atoms with Crippen LogP contribution in [0.15, 0.2) is 66.7 Å². The molecule has 12 heteroatoms. The first-order valence-electron chi connectivity index (χ1n) is 12.8. The predicted octanol–water partition coefficient (Wildman–Crippen LogP) is 3.62. The van der Waals surface area contributed by atoms with Gasteiger partial charge in [-0.25, -0.2) is 14.6 Å². The number of carbonyl (C=O) groups is 5. The summed E-state index contributed by atoms with van der Waals surface area (Å²) >= 11 is 0. The van der Waals surface area contributed by atoms with Crippen molar-refractivity contribution in [1.82, 2.24) is 0 Å². The molecule has 2 aliphatic heterocycles. The number of nitrogen functional groups attached to an aromatic ring is 4. The number of anilines is 6. The number of hydrogen-bond acceptors (Lipinski definition) is 9. The number of amides is 4. The summed E-state index contributed by atoms with van der Waals surface area (Å²) < 4.78 is 0. The zero-order chi connectivity index (χ0) is 30.5. The van der Waals surface area contributed by atoms with Crippen LogP contribution in [0.25, 0.3) is 21.5 Å². The molecule has 4 amide bonds. The molecule has 0 aliphatic carbocycles. The Morgan fingerprint density at radius 1 is 0.488 bits per heavy atom. The van der Waals surface area contributed by atoms with Crippen LogP contribution in [0.1, 0.15) is 51.8 Å². The van der Waals surface area contributed by atoms with Gasteiger partial charge in [-0.15, -0.1) is 0 Å². The number of rotatable bonds is 3. The summed E-state index contributed by atoms with van der Waals surface area (Å²) in [4.78, 5) is 69.0. The third kappa shape index (κ3) is 3.60. The fourth-order valence-corrected chi connectivity index (χ4v) is 5.91. The minimum Gasteiger partial charge on any atom is -0.478 e. The Morgan fingerprint density at radius 3 is 1.07 bits per heavy atom. The van der Waals surface area contributed by atoms with Gasteiger partial charge in [-0.1, -0.05) is 0 Å². The molecule has 0 unspecified atom stereocenters. The van der Waals surface area contributed by atoms with Gasteiger partial charge < -0.3 is 28.0 Å². The highest BCUT2D eigenvalue weighted by Crippen LogP contribution is 2.40. The van der Waals surface area contributed by atoms with Crippen molar-refractivity contribution < 1.29 is 29.1 Å². The van der Waals surface area contributed by atoms with Crippen LogP contribution in [0, 0.1) is 0 Å². The Labute approximate surface area is 241 Å². The van der Waals surface area contributed by atoms with E-state index >= 15 is 0 Å². The molecule has 0 fully saturated rings. The number of carboxylic acid groups (broad SMARTS) is 1. The molecule has 0 saturated heterocycles. The van der Waals surface area contributed by atoms with E-state index in [1.807, 2.05) is 0 Å². The largest absolute Gasteiger partial charge is 0.478 e. The lowest BCUT2D eigenvalue weighted by atomic mass is 9.91. The maximum atomic E-state index is 13.8. The molecule has 210 valence electrons. The van der Waals surface area contributed by atoms with Crippen LogP contribution in [0.2, 0.25) is 0 Å². The minimum atomic E-state index is -1.43. The summed E-state index contributed by atoms with van der Waals surface area (Å²) in [7, 11) is 0. The number of nitrogens with two attached hydrogens (primary N) is 4. The van der Waals surface area contributed by atoms with Crippen LogP contribution in [0.3, 0.4) is 0 Å². The summed E-state index contributed by atoms with van der Waals surface area (Å²) in [6.45, 7) is 0. The second-order valence-electron chi connectivity index (χ2n) is 10.4. The molecule has 5 aromatic rings. The standard InChI is InChI=1S/C31H20N6O6/c32-15-1-12-2-16(33)8-22-25(12)21(7-15)27(38)36(28(22)39)19-5-14(31(42)43)6-20(11-19)37-29(40)23-9-17(34)3-13-4-18(35)10-24(26(13)23)30(37)41/h1-11H,32-35H2,(H,42,43). The van der Waals surface area contributed by atoms with E-state index in [-0.39, 0.29) is 61.9 Å². The first kappa shape index (κ1) is 25.5. The maximum absolute atomic E-state index is 13.8. The van der Waals surface area contributed by atoms with E-state index in [1.54, 1.807) is 24.3 Å². The average Bonchev–Trinajstić information content (AvgIpc) is 2.93. The van der Waals surface area contributed by atoms with Crippen molar-refractivity contribution in [2.45, 2.75) is 0 Å². The molecule has 2 heterocycles. The van der Waals surface area contributed by atoms with Crippen molar-refractivity contribution in [2.24, 2.45) is 0 Å². The van der Waals surface area contributed by atoms with Gasteiger partial charge in [0, 0.05) is 33.5 Å². The summed E-state index contributed by atoms with van der Waals surface area (Å²) in [6.07, 6.45) is 0. The molecule has 0 radical (unpaired) electrons. The second kappa shape index (κ2) is 8.54. The number of hydrogen-bond donors (Lipinski definition) is 5. The lowest BCUT2D eigenvalue weighted by molar-refractivity contribution is 0.0694. The number of carbonyl (C=O) groups excluding carboxylic acids is 4. The fraction of sp³-hybridized carbons (Fsp3) is 0. The van der Waals surface area contributed by atoms with E-state index in [1.165, 1.54) is 30.3 Å². The average molecular weight is 573 g/mol. The van der Waals surface area contributed by atoms with Crippen molar-refractivity contribution >= 4 is 85.3 Å². The Bertz CT molecular complexity index is 1950. The van der Waals surface area contributed by atoms with E-state index in [0.29, 0.717) is 21.5 Å². The molecule has 2 aliphatic rings. The Morgan fingerprint density at radius 2 is 0.791 bits per heavy atom. The molecule has 0 atom stereocenters. The summed E-state index contributed by atoms with van der Waals surface area (Å²) in [5.74, 6) is -4.54. The second-order valence-corrected chi connectivity index (χ2v) is 10.4. The van der Waals surface area contributed by atoms with E-state index in [2.05, 4.69) is 0 Å². The quantitative estimate of drug-likeness (QED) is 0.156. The normalized spacial score (nSPS) is 14.2. The fourth-order valence-electron chi connectivity index (χ4n) is 5.91. The molecule has 0 aromatic heterocycles. The summed E-state index contributed by atoms with van der Waals surface area (Å²) in [6, 6.07) is 15.4. The van der Waals surface area contributed by atoms with Gasteiger partial charge >= 0.3 is 5.97 Å². The van der Waals surface area contributed by atoms with Crippen LogP contribution in [0.5, 0.6) is 0 Å². The third-order valence-corrected chi connectivity index (χ3v) is 7.59. The predicted molar refractivity (Wildman–Crippen MR) is 161 cm³/mol. The molecule has 43 heavy (non-hydrogen) atoms. The molecular weight excluding hydrogens is 552 g/mol. The van der Waals surface area contributed by atoms with Crippen LogP contribution in [-0.2, 0) is 0 Å². The van der Waals surface area contributed by atoms with Crippen LogP contribution in [0.4, 0.5) is 34.1 Å². The monoisotopic (exact) mass is 572 g/mol. The van der Waals surface area contributed by atoms with Crippen molar-refractivity contribution in [1.29, 1.82) is 0 Å². The van der Waals surface area contributed by atoms with Crippen molar-refractivity contribution in [3.8, 4) is 0 Å². The lowest BCUT2D eigenvalue weighted by Gasteiger charge is -2.31. The van der Waals surface area contributed by atoms with Crippen molar-refractivity contribution in [3.05, 3.63) is 94.5 Å². The van der Waals surface area contributed by atoms with E-state index < -0.39 is 29.6 Å². The number of benzene rings is 5. The zero-order valence-corrected chi connectivity index (χ0v) is 22.0. The highest BCUT2D eigenvalue weighted by atomic mass is 16.4. The number of imide groups is 2. The topological polar surface area (TPSA) is 216 Å². The Hall–Kier alpha value is -6.43. The molecule has 9 N–H and O–H groups in total. The van der Waals surface area contributed by atoms with Gasteiger partial charge in [0.2, 0.25) is 0 Å². The zero-order valence-electron chi connectivity index (χ0n) is 22.0. The Balaban J connectivity index is 1.43. The first-order valence-corrected chi connectivity index (χ1v) is 12.8. The summed E-state index contributed by atoms with van der Waals surface area (Å²) in [5.41, 5.74) is 24.8. The SMILES string of the molecule is Nc1cc2c3c(cc(N)cc3c1)C(=O)N(c1cc(C(=O)O)cc(N3C(=O)c4cc(N)cc5cc(N)cc(c45)C3=O)c1)C2=O.